The fraction of sp³-hybridized carbons (Fsp3) is 0.444. The van der Waals surface area contributed by atoms with Crippen LogP contribution in [0.4, 0.5) is 4.79 Å². The molecular formula is C27H32N2O6. The molecule has 0 saturated carbocycles. The number of amides is 2. The number of morpholine rings is 1. The van der Waals surface area contributed by atoms with Gasteiger partial charge in [-0.1, -0.05) is 62.4 Å². The number of benzene rings is 2. The third-order valence-corrected chi connectivity index (χ3v) is 6.74. The summed E-state index contributed by atoms with van der Waals surface area (Å²) in [5.41, 5.74) is 4.60. The summed E-state index contributed by atoms with van der Waals surface area (Å²) in [6, 6.07) is 15.9. The quantitative estimate of drug-likeness (QED) is 0.598. The smallest absolute Gasteiger partial charge is 0.407 e. The molecule has 0 aromatic heterocycles. The van der Waals surface area contributed by atoms with E-state index in [1.165, 1.54) is 0 Å². The first-order valence-electron chi connectivity index (χ1n) is 12.1. The molecule has 2 aliphatic rings. The first-order chi connectivity index (χ1) is 16.8. The fourth-order valence-corrected chi connectivity index (χ4v) is 4.83. The summed E-state index contributed by atoms with van der Waals surface area (Å²) in [5, 5.41) is 11.9. The van der Waals surface area contributed by atoms with Crippen molar-refractivity contribution in [2.45, 2.75) is 44.8 Å². The molecule has 4 rings (SSSR count). The van der Waals surface area contributed by atoms with Crippen LogP contribution in [0.2, 0.25) is 0 Å². The molecular weight excluding hydrogens is 448 g/mol. The highest BCUT2D eigenvalue weighted by molar-refractivity contribution is 5.80. The van der Waals surface area contributed by atoms with Crippen molar-refractivity contribution in [1.82, 2.24) is 10.2 Å². The number of nitrogens with one attached hydrogen (secondary N) is 1. The molecule has 2 atom stereocenters. The highest BCUT2D eigenvalue weighted by Gasteiger charge is 2.31. The van der Waals surface area contributed by atoms with Gasteiger partial charge in [0.15, 0.2) is 0 Å². The molecule has 35 heavy (non-hydrogen) atoms. The summed E-state index contributed by atoms with van der Waals surface area (Å²) in [5.74, 6) is -1.12. The van der Waals surface area contributed by atoms with E-state index < -0.39 is 24.2 Å². The number of carboxylic acid groups (broad SMARTS) is 1. The van der Waals surface area contributed by atoms with Crippen molar-refractivity contribution in [3.8, 4) is 11.1 Å². The first kappa shape index (κ1) is 24.7. The fourth-order valence-electron chi connectivity index (χ4n) is 4.83. The number of carbonyl (C=O) groups is 3. The van der Waals surface area contributed by atoms with Gasteiger partial charge in [0.2, 0.25) is 5.91 Å². The highest BCUT2D eigenvalue weighted by Crippen LogP contribution is 2.44. The molecule has 0 radical (unpaired) electrons. The minimum Gasteiger partial charge on any atom is -0.481 e. The molecule has 1 unspecified atom stereocenters. The third kappa shape index (κ3) is 5.82. The van der Waals surface area contributed by atoms with E-state index in [1.54, 1.807) is 4.90 Å². The summed E-state index contributed by atoms with van der Waals surface area (Å²) in [7, 11) is 0. The Bertz CT molecular complexity index is 1040. The molecule has 2 aromatic carbocycles. The second kappa shape index (κ2) is 10.9. The zero-order valence-electron chi connectivity index (χ0n) is 20.1. The van der Waals surface area contributed by atoms with Gasteiger partial charge in [0.25, 0.3) is 0 Å². The number of ether oxygens (including phenoxy) is 2. The Kier molecular flexibility index (Phi) is 7.70. The Labute approximate surface area is 205 Å². The van der Waals surface area contributed by atoms with Gasteiger partial charge in [0.1, 0.15) is 6.61 Å². The van der Waals surface area contributed by atoms with E-state index in [-0.39, 0.29) is 43.7 Å². The molecule has 1 aliphatic heterocycles. The van der Waals surface area contributed by atoms with Crippen molar-refractivity contribution < 1.29 is 29.0 Å². The van der Waals surface area contributed by atoms with Crippen molar-refractivity contribution in [3.05, 3.63) is 59.7 Å². The van der Waals surface area contributed by atoms with E-state index in [2.05, 4.69) is 29.6 Å². The third-order valence-electron chi connectivity index (χ3n) is 6.74. The maximum Gasteiger partial charge on any atom is 0.407 e. The van der Waals surface area contributed by atoms with Crippen molar-refractivity contribution in [2.75, 3.05) is 26.3 Å². The van der Waals surface area contributed by atoms with E-state index in [0.717, 1.165) is 22.3 Å². The zero-order valence-corrected chi connectivity index (χ0v) is 20.1. The van der Waals surface area contributed by atoms with Crippen LogP contribution in [0.5, 0.6) is 0 Å². The van der Waals surface area contributed by atoms with Crippen LogP contribution in [0.1, 0.15) is 43.7 Å². The second-order valence-corrected chi connectivity index (χ2v) is 9.45. The molecule has 2 N–H and O–H groups in total. The molecule has 1 heterocycles. The Hall–Kier alpha value is -3.39. The molecule has 0 spiro atoms. The average Bonchev–Trinajstić information content (AvgIpc) is 3.15. The minimum absolute atomic E-state index is 0.00953. The molecule has 1 fully saturated rings. The Morgan fingerprint density at radius 3 is 2.31 bits per heavy atom. The number of aliphatic carboxylic acids is 1. The number of alkyl carbamates (subject to hydrolysis) is 1. The monoisotopic (exact) mass is 480 g/mol. The summed E-state index contributed by atoms with van der Waals surface area (Å²) in [6.07, 6.45) is -1.10. The van der Waals surface area contributed by atoms with Crippen LogP contribution in [0.3, 0.4) is 0 Å². The molecule has 8 nitrogen and oxygen atoms in total. The molecule has 8 heteroatoms. The standard InChI is InChI=1S/C27H32N2O6/c1-17(2)24(14-25(30)29-11-12-34-18(15-29)13-26(31)32)28-27(33)35-16-23-21-9-5-3-7-19(21)20-8-4-6-10-22(20)23/h3-10,17-18,23-24H,11-16H2,1-2H3,(H,28,33)(H,31,32)/t18?,24-/m1/s1. The topological polar surface area (TPSA) is 105 Å². The van der Waals surface area contributed by atoms with E-state index in [4.69, 9.17) is 14.6 Å². The SMILES string of the molecule is CC(C)[C@@H](CC(=O)N1CCOC(CC(=O)O)C1)NC(=O)OCC1c2ccccc2-c2ccccc21. The zero-order chi connectivity index (χ0) is 24.9. The average molecular weight is 481 g/mol. The van der Waals surface area contributed by atoms with Crippen LogP contribution in [0, 0.1) is 5.92 Å². The molecule has 1 saturated heterocycles. The number of nitrogens with zero attached hydrogens (tertiary/aromatic N) is 1. The molecule has 2 amide bonds. The van der Waals surface area contributed by atoms with Crippen LogP contribution in [0.25, 0.3) is 11.1 Å². The van der Waals surface area contributed by atoms with E-state index in [9.17, 15) is 14.4 Å². The van der Waals surface area contributed by atoms with E-state index >= 15 is 0 Å². The van der Waals surface area contributed by atoms with Crippen molar-refractivity contribution in [3.63, 3.8) is 0 Å². The summed E-state index contributed by atoms with van der Waals surface area (Å²) in [6.45, 7) is 5.03. The maximum absolute atomic E-state index is 12.9. The van der Waals surface area contributed by atoms with Crippen LogP contribution in [-0.2, 0) is 19.1 Å². The first-order valence-corrected chi connectivity index (χ1v) is 12.1. The van der Waals surface area contributed by atoms with Gasteiger partial charge >= 0.3 is 12.1 Å². The predicted octanol–water partition coefficient (Wildman–Crippen LogP) is 3.64. The number of rotatable bonds is 8. The molecule has 186 valence electrons. The number of carboxylic acids is 1. The van der Waals surface area contributed by atoms with Gasteiger partial charge in [0, 0.05) is 31.5 Å². The Morgan fingerprint density at radius 2 is 1.71 bits per heavy atom. The summed E-state index contributed by atoms with van der Waals surface area (Å²) in [4.78, 5) is 38.2. The lowest BCUT2D eigenvalue weighted by atomic mass is 9.98. The molecule has 1 aliphatic carbocycles. The van der Waals surface area contributed by atoms with Crippen LogP contribution in [-0.4, -0.2) is 66.4 Å². The largest absolute Gasteiger partial charge is 0.481 e. The highest BCUT2D eigenvalue weighted by atomic mass is 16.5. The van der Waals surface area contributed by atoms with Gasteiger partial charge in [-0.3, -0.25) is 9.59 Å². The van der Waals surface area contributed by atoms with Crippen molar-refractivity contribution in [2.24, 2.45) is 5.92 Å². The van der Waals surface area contributed by atoms with Gasteiger partial charge in [-0.25, -0.2) is 4.79 Å². The lowest BCUT2D eigenvalue weighted by Gasteiger charge is -2.33. The lowest BCUT2D eigenvalue weighted by Crippen LogP contribution is -2.49. The molecule has 2 aromatic rings. The van der Waals surface area contributed by atoms with Gasteiger partial charge in [0.05, 0.1) is 19.1 Å². The van der Waals surface area contributed by atoms with Crippen molar-refractivity contribution >= 4 is 18.0 Å². The number of hydrogen-bond acceptors (Lipinski definition) is 5. The van der Waals surface area contributed by atoms with Crippen molar-refractivity contribution in [1.29, 1.82) is 0 Å². The number of hydrogen-bond donors (Lipinski definition) is 2. The number of carbonyl (C=O) groups excluding carboxylic acids is 2. The predicted molar refractivity (Wildman–Crippen MR) is 130 cm³/mol. The Balaban J connectivity index is 1.34. The summed E-state index contributed by atoms with van der Waals surface area (Å²) < 4.78 is 11.1. The maximum atomic E-state index is 12.9. The van der Waals surface area contributed by atoms with Crippen LogP contribution >= 0.6 is 0 Å². The van der Waals surface area contributed by atoms with Gasteiger partial charge in [-0.2, -0.15) is 0 Å². The minimum atomic E-state index is -0.957. The van der Waals surface area contributed by atoms with Crippen LogP contribution < -0.4 is 5.32 Å². The normalized spacial score (nSPS) is 18.0. The molecule has 0 bridgehead atoms. The summed E-state index contributed by atoms with van der Waals surface area (Å²) >= 11 is 0. The van der Waals surface area contributed by atoms with Gasteiger partial charge in [-0.05, 0) is 28.2 Å². The number of fused-ring (bicyclic) bond motifs is 3. The van der Waals surface area contributed by atoms with Gasteiger partial charge in [-0.15, -0.1) is 0 Å². The Morgan fingerprint density at radius 1 is 1.09 bits per heavy atom. The van der Waals surface area contributed by atoms with E-state index in [1.807, 2.05) is 38.1 Å². The van der Waals surface area contributed by atoms with Gasteiger partial charge < -0.3 is 24.8 Å². The second-order valence-electron chi connectivity index (χ2n) is 9.45. The van der Waals surface area contributed by atoms with Crippen LogP contribution in [0.15, 0.2) is 48.5 Å². The van der Waals surface area contributed by atoms with E-state index in [0.29, 0.717) is 13.2 Å². The lowest BCUT2D eigenvalue weighted by molar-refractivity contribution is -0.148.